The Balaban J connectivity index is 1.48. The normalized spacial score (nSPS) is 17.5. The molecular formula is C20H23N7O. The minimum atomic E-state index is 0.159. The average molecular weight is 377 g/mol. The molecule has 3 aromatic heterocycles. The number of carbonyl (C=O) groups is 1. The first-order valence-electron chi connectivity index (χ1n) is 9.83. The van der Waals surface area contributed by atoms with E-state index in [1.54, 1.807) is 11.1 Å². The summed E-state index contributed by atoms with van der Waals surface area (Å²) >= 11 is 0. The van der Waals surface area contributed by atoms with Crippen LogP contribution in [0, 0.1) is 19.8 Å². The van der Waals surface area contributed by atoms with Crippen molar-refractivity contribution in [2.75, 3.05) is 11.4 Å². The standard InChI is InChI=1S/C20H23N7O/c1-13-10-21-14(2)20-22-16(24-27(13)20)7-8-17-23-18(26-9-3-4-19(26)28)12-25(17)11-15-5-6-15/h7-8,10,12,15H,3-6,9,11H2,1-2H3. The van der Waals surface area contributed by atoms with Gasteiger partial charge in [-0.3, -0.25) is 14.7 Å². The van der Waals surface area contributed by atoms with Crippen LogP contribution in [0.1, 0.15) is 48.7 Å². The molecular weight excluding hydrogens is 354 g/mol. The predicted molar refractivity (Wildman–Crippen MR) is 106 cm³/mol. The van der Waals surface area contributed by atoms with Crippen LogP contribution in [0.3, 0.4) is 0 Å². The lowest BCUT2D eigenvalue weighted by molar-refractivity contribution is -0.117. The Bertz CT molecular complexity index is 1050. The lowest BCUT2D eigenvalue weighted by Crippen LogP contribution is -2.23. The maximum Gasteiger partial charge on any atom is 0.228 e. The van der Waals surface area contributed by atoms with Gasteiger partial charge in [0, 0.05) is 31.9 Å². The number of aromatic nitrogens is 6. The topological polar surface area (TPSA) is 81.2 Å². The van der Waals surface area contributed by atoms with Gasteiger partial charge in [0.25, 0.3) is 0 Å². The lowest BCUT2D eigenvalue weighted by Gasteiger charge is -2.10. The van der Waals surface area contributed by atoms with Crippen LogP contribution < -0.4 is 4.90 Å². The van der Waals surface area contributed by atoms with Crippen LogP contribution in [0.5, 0.6) is 0 Å². The highest BCUT2D eigenvalue weighted by Gasteiger charge is 2.27. The van der Waals surface area contributed by atoms with Gasteiger partial charge in [-0.2, -0.15) is 0 Å². The van der Waals surface area contributed by atoms with Gasteiger partial charge in [0.05, 0.1) is 11.4 Å². The van der Waals surface area contributed by atoms with Crippen LogP contribution in [0.4, 0.5) is 5.82 Å². The van der Waals surface area contributed by atoms with Crippen molar-refractivity contribution in [3.63, 3.8) is 0 Å². The van der Waals surface area contributed by atoms with Crippen molar-refractivity contribution < 1.29 is 4.79 Å². The fraction of sp³-hybridized carbons (Fsp3) is 0.450. The van der Waals surface area contributed by atoms with Crippen LogP contribution in [-0.2, 0) is 11.3 Å². The first kappa shape index (κ1) is 17.1. The maximum absolute atomic E-state index is 12.1. The van der Waals surface area contributed by atoms with Crippen LogP contribution >= 0.6 is 0 Å². The van der Waals surface area contributed by atoms with Gasteiger partial charge in [-0.05, 0) is 51.2 Å². The number of nitrogens with zero attached hydrogens (tertiary/aromatic N) is 7. The van der Waals surface area contributed by atoms with E-state index in [9.17, 15) is 4.79 Å². The Morgan fingerprint density at radius 1 is 1.21 bits per heavy atom. The van der Waals surface area contributed by atoms with Gasteiger partial charge in [-0.25, -0.2) is 14.5 Å². The minimum Gasteiger partial charge on any atom is -0.329 e. The van der Waals surface area contributed by atoms with Crippen LogP contribution in [-0.4, -0.2) is 41.6 Å². The molecule has 0 N–H and O–H groups in total. The van der Waals surface area contributed by atoms with Crippen molar-refractivity contribution in [3.05, 3.63) is 35.4 Å². The number of hydrogen-bond donors (Lipinski definition) is 0. The second kappa shape index (κ2) is 6.54. The highest BCUT2D eigenvalue weighted by atomic mass is 16.2. The van der Waals surface area contributed by atoms with Crippen molar-refractivity contribution in [2.45, 2.75) is 46.1 Å². The van der Waals surface area contributed by atoms with E-state index in [1.807, 2.05) is 36.7 Å². The van der Waals surface area contributed by atoms with Crippen LogP contribution in [0.15, 0.2) is 12.4 Å². The summed E-state index contributed by atoms with van der Waals surface area (Å²) in [6.45, 7) is 5.58. The number of anilines is 1. The molecule has 8 nitrogen and oxygen atoms in total. The van der Waals surface area contributed by atoms with Crippen LogP contribution in [0.2, 0.25) is 0 Å². The number of hydrogen-bond acceptors (Lipinski definition) is 5. The zero-order valence-electron chi connectivity index (χ0n) is 16.2. The molecule has 0 atom stereocenters. The SMILES string of the molecule is Cc1ncc(C)n2nc(C=Cc3nc(N4CCCC4=O)cn3CC3CC3)nc12. The molecule has 1 amide bonds. The molecule has 8 heteroatoms. The Morgan fingerprint density at radius 3 is 2.79 bits per heavy atom. The molecule has 28 heavy (non-hydrogen) atoms. The molecule has 0 bridgehead atoms. The average Bonchev–Trinajstić information content (AvgIpc) is 3.06. The number of aryl methyl sites for hydroxylation is 2. The third-order valence-corrected chi connectivity index (χ3v) is 5.40. The monoisotopic (exact) mass is 377 g/mol. The summed E-state index contributed by atoms with van der Waals surface area (Å²) in [6, 6.07) is 0. The lowest BCUT2D eigenvalue weighted by atomic mass is 10.4. The molecule has 2 aliphatic rings. The highest BCUT2D eigenvalue weighted by Crippen LogP contribution is 2.32. The number of imidazole rings is 1. The maximum atomic E-state index is 12.1. The first-order chi connectivity index (χ1) is 13.6. The molecule has 2 fully saturated rings. The van der Waals surface area contributed by atoms with Gasteiger partial charge in [-0.15, -0.1) is 5.10 Å². The molecule has 0 radical (unpaired) electrons. The number of fused-ring (bicyclic) bond motifs is 1. The molecule has 0 aromatic carbocycles. The largest absolute Gasteiger partial charge is 0.329 e. The van der Waals surface area contributed by atoms with Gasteiger partial charge < -0.3 is 4.57 Å². The summed E-state index contributed by atoms with van der Waals surface area (Å²) in [5.74, 6) is 3.09. The van der Waals surface area contributed by atoms with Crippen molar-refractivity contribution in [3.8, 4) is 0 Å². The second-order valence-electron chi connectivity index (χ2n) is 7.73. The predicted octanol–water partition coefficient (Wildman–Crippen LogP) is 2.64. The van der Waals surface area contributed by atoms with E-state index in [0.29, 0.717) is 18.2 Å². The number of amides is 1. The summed E-state index contributed by atoms with van der Waals surface area (Å²) < 4.78 is 3.97. The third kappa shape index (κ3) is 3.08. The molecule has 0 unspecified atom stereocenters. The van der Waals surface area contributed by atoms with E-state index in [2.05, 4.69) is 19.6 Å². The zero-order chi connectivity index (χ0) is 19.3. The summed E-state index contributed by atoms with van der Waals surface area (Å²) in [7, 11) is 0. The van der Waals surface area contributed by atoms with Gasteiger partial charge >= 0.3 is 0 Å². The van der Waals surface area contributed by atoms with E-state index in [4.69, 9.17) is 4.98 Å². The summed E-state index contributed by atoms with van der Waals surface area (Å²) in [5.41, 5.74) is 2.56. The highest BCUT2D eigenvalue weighted by molar-refractivity contribution is 5.94. The summed E-state index contributed by atoms with van der Waals surface area (Å²) in [5, 5.41) is 4.56. The van der Waals surface area contributed by atoms with Gasteiger partial charge in [-0.1, -0.05) is 0 Å². The Kier molecular flexibility index (Phi) is 3.99. The zero-order valence-corrected chi connectivity index (χ0v) is 16.2. The van der Waals surface area contributed by atoms with E-state index in [-0.39, 0.29) is 5.91 Å². The Morgan fingerprint density at radius 2 is 2.07 bits per heavy atom. The quantitative estimate of drug-likeness (QED) is 0.683. The van der Waals surface area contributed by atoms with Gasteiger partial charge in [0.15, 0.2) is 17.3 Å². The molecule has 1 saturated carbocycles. The molecule has 4 heterocycles. The Hall–Kier alpha value is -3.03. The molecule has 1 aliphatic heterocycles. The number of rotatable bonds is 5. The fourth-order valence-corrected chi connectivity index (χ4v) is 3.62. The van der Waals surface area contributed by atoms with Gasteiger partial charge in [0.2, 0.25) is 5.91 Å². The minimum absolute atomic E-state index is 0.159. The van der Waals surface area contributed by atoms with E-state index in [1.165, 1.54) is 12.8 Å². The molecule has 1 saturated heterocycles. The molecule has 5 rings (SSSR count). The summed E-state index contributed by atoms with van der Waals surface area (Å²) in [4.78, 5) is 27.6. The fourth-order valence-electron chi connectivity index (χ4n) is 3.62. The van der Waals surface area contributed by atoms with E-state index < -0.39 is 0 Å². The smallest absolute Gasteiger partial charge is 0.228 e. The van der Waals surface area contributed by atoms with E-state index >= 15 is 0 Å². The molecule has 144 valence electrons. The molecule has 3 aromatic rings. The van der Waals surface area contributed by atoms with Crippen molar-refractivity contribution in [1.29, 1.82) is 0 Å². The first-order valence-corrected chi connectivity index (χ1v) is 9.83. The Labute approximate surface area is 162 Å². The van der Waals surface area contributed by atoms with Crippen molar-refractivity contribution >= 4 is 29.5 Å². The van der Waals surface area contributed by atoms with Crippen molar-refractivity contribution in [1.82, 2.24) is 29.1 Å². The van der Waals surface area contributed by atoms with E-state index in [0.717, 1.165) is 48.2 Å². The van der Waals surface area contributed by atoms with Crippen molar-refractivity contribution in [2.24, 2.45) is 5.92 Å². The second-order valence-corrected chi connectivity index (χ2v) is 7.73. The van der Waals surface area contributed by atoms with Crippen LogP contribution in [0.25, 0.3) is 17.8 Å². The third-order valence-electron chi connectivity index (χ3n) is 5.40. The molecule has 1 aliphatic carbocycles. The summed E-state index contributed by atoms with van der Waals surface area (Å²) in [6.07, 6.45) is 11.7. The molecule has 0 spiro atoms. The van der Waals surface area contributed by atoms with Gasteiger partial charge in [0.1, 0.15) is 5.82 Å². The number of carbonyl (C=O) groups excluding carboxylic acids is 1.